The van der Waals surface area contributed by atoms with Gasteiger partial charge in [-0.05, 0) is 18.2 Å². The summed E-state index contributed by atoms with van der Waals surface area (Å²) in [6.07, 6.45) is 4.14. The predicted molar refractivity (Wildman–Crippen MR) is 113 cm³/mol. The third-order valence-corrected chi connectivity index (χ3v) is 4.30. The average molecular weight is 445 g/mol. The van der Waals surface area contributed by atoms with Crippen molar-refractivity contribution < 1.29 is 27.8 Å². The monoisotopic (exact) mass is 445 g/mol. The number of anilines is 3. The van der Waals surface area contributed by atoms with Crippen LogP contribution in [-0.4, -0.2) is 34.9 Å². The van der Waals surface area contributed by atoms with Crippen LogP contribution in [0.2, 0.25) is 0 Å². The van der Waals surface area contributed by atoms with Crippen LogP contribution in [0.15, 0.2) is 43.2 Å². The number of pyridine rings is 1. The molecule has 0 radical (unpaired) electrons. The molecule has 0 spiro atoms. The minimum Gasteiger partial charge on any atom is -0.494 e. The summed E-state index contributed by atoms with van der Waals surface area (Å²) in [5.41, 5.74) is 0.108. The zero-order valence-electron chi connectivity index (χ0n) is 17.6. The van der Waals surface area contributed by atoms with E-state index in [9.17, 15) is 13.6 Å². The summed E-state index contributed by atoms with van der Waals surface area (Å²) >= 11 is 0. The van der Waals surface area contributed by atoms with Gasteiger partial charge in [0.25, 0.3) is 0 Å². The van der Waals surface area contributed by atoms with E-state index >= 15 is 0 Å². The molecule has 1 amide bonds. The van der Waals surface area contributed by atoms with Crippen molar-refractivity contribution in [3.63, 3.8) is 0 Å². The highest BCUT2D eigenvalue weighted by atomic mass is 19.1. The van der Waals surface area contributed by atoms with Gasteiger partial charge in [-0.3, -0.25) is 9.48 Å². The molecule has 11 heteroatoms. The summed E-state index contributed by atoms with van der Waals surface area (Å²) in [6, 6.07) is 4.27. The molecule has 0 aliphatic carbocycles. The second-order valence-corrected chi connectivity index (χ2v) is 6.44. The number of carbonyl (C=O) groups excluding carboxylic acids is 1. The molecule has 9 nitrogen and oxygen atoms in total. The average Bonchev–Trinajstić information content (AvgIpc) is 3.13. The minimum atomic E-state index is -0.874. The molecule has 0 fully saturated rings. The molecule has 168 valence electrons. The molecule has 0 atom stereocenters. The van der Waals surface area contributed by atoms with E-state index in [2.05, 4.69) is 27.3 Å². The molecule has 2 heterocycles. The van der Waals surface area contributed by atoms with Crippen molar-refractivity contribution in [2.24, 2.45) is 7.05 Å². The highest BCUT2D eigenvalue weighted by molar-refractivity contribution is 6.00. The summed E-state index contributed by atoms with van der Waals surface area (Å²) in [7, 11) is 4.24. The van der Waals surface area contributed by atoms with Gasteiger partial charge in [0, 0.05) is 13.1 Å². The van der Waals surface area contributed by atoms with Crippen LogP contribution in [0.5, 0.6) is 17.2 Å². The molecule has 0 saturated carbocycles. The van der Waals surface area contributed by atoms with E-state index in [1.807, 2.05) is 0 Å². The molecule has 0 unspecified atom stereocenters. The van der Waals surface area contributed by atoms with Crippen LogP contribution in [-0.2, 0) is 18.4 Å². The maximum atomic E-state index is 14.4. The molecule has 3 aromatic rings. The number of hydrogen-bond acceptors (Lipinski definition) is 7. The van der Waals surface area contributed by atoms with Crippen LogP contribution in [0.3, 0.4) is 0 Å². The van der Waals surface area contributed by atoms with Gasteiger partial charge in [-0.25, -0.2) is 13.8 Å². The van der Waals surface area contributed by atoms with Crippen LogP contribution in [0, 0.1) is 11.6 Å². The Hall–Kier alpha value is -4.15. The number of aromatic nitrogens is 3. The molecule has 0 bridgehead atoms. The second-order valence-electron chi connectivity index (χ2n) is 6.44. The topological polar surface area (TPSA) is 99.5 Å². The van der Waals surface area contributed by atoms with E-state index < -0.39 is 18.2 Å². The zero-order chi connectivity index (χ0) is 23.3. The first-order chi connectivity index (χ1) is 15.4. The largest absolute Gasteiger partial charge is 0.494 e. The number of methoxy groups -OCH3 is 2. The number of benzene rings is 1. The summed E-state index contributed by atoms with van der Waals surface area (Å²) in [5, 5.41) is 9.83. The van der Waals surface area contributed by atoms with Crippen LogP contribution in [0.1, 0.15) is 5.56 Å². The van der Waals surface area contributed by atoms with Crippen molar-refractivity contribution >= 4 is 23.2 Å². The van der Waals surface area contributed by atoms with Crippen molar-refractivity contribution in [2.45, 2.75) is 6.61 Å². The van der Waals surface area contributed by atoms with Gasteiger partial charge in [0.05, 0.1) is 32.2 Å². The van der Waals surface area contributed by atoms with E-state index in [-0.39, 0.29) is 28.7 Å². The van der Waals surface area contributed by atoms with E-state index in [0.717, 1.165) is 12.1 Å². The van der Waals surface area contributed by atoms with Gasteiger partial charge in [-0.2, -0.15) is 5.10 Å². The third-order valence-electron chi connectivity index (χ3n) is 4.30. The fourth-order valence-electron chi connectivity index (χ4n) is 2.74. The van der Waals surface area contributed by atoms with Crippen molar-refractivity contribution in [1.29, 1.82) is 0 Å². The normalized spacial score (nSPS) is 10.4. The molecule has 0 aliphatic heterocycles. The van der Waals surface area contributed by atoms with Crippen LogP contribution < -0.4 is 24.8 Å². The first kappa shape index (κ1) is 22.5. The van der Waals surface area contributed by atoms with Crippen LogP contribution in [0.4, 0.5) is 26.1 Å². The van der Waals surface area contributed by atoms with Gasteiger partial charge in [-0.1, -0.05) is 6.58 Å². The first-order valence-corrected chi connectivity index (χ1v) is 9.28. The lowest BCUT2D eigenvalue weighted by molar-refractivity contribution is -0.111. The predicted octanol–water partition coefficient (Wildman–Crippen LogP) is 3.56. The lowest BCUT2D eigenvalue weighted by Crippen LogP contribution is -2.08. The maximum absolute atomic E-state index is 14.4. The Labute approximate surface area is 182 Å². The molecule has 2 aromatic heterocycles. The summed E-state index contributed by atoms with van der Waals surface area (Å²) in [4.78, 5) is 15.8. The fourth-order valence-corrected chi connectivity index (χ4v) is 2.74. The van der Waals surface area contributed by atoms with Gasteiger partial charge in [0.2, 0.25) is 5.91 Å². The molecule has 1 aromatic carbocycles. The summed E-state index contributed by atoms with van der Waals surface area (Å²) < 4.78 is 45.7. The van der Waals surface area contributed by atoms with Gasteiger partial charge in [0.1, 0.15) is 23.9 Å². The van der Waals surface area contributed by atoms with Crippen LogP contribution in [0.25, 0.3) is 0 Å². The number of aryl methyl sites for hydroxylation is 1. The number of halogens is 2. The maximum Gasteiger partial charge on any atom is 0.247 e. The fraction of sp³-hybridized carbons (Fsp3) is 0.190. The van der Waals surface area contributed by atoms with E-state index in [1.54, 1.807) is 25.4 Å². The van der Waals surface area contributed by atoms with Crippen molar-refractivity contribution in [2.75, 3.05) is 24.9 Å². The van der Waals surface area contributed by atoms with Crippen molar-refractivity contribution in [3.8, 4) is 17.2 Å². The van der Waals surface area contributed by atoms with E-state index in [0.29, 0.717) is 17.3 Å². The van der Waals surface area contributed by atoms with Crippen molar-refractivity contribution in [1.82, 2.24) is 14.8 Å². The number of amides is 1. The minimum absolute atomic E-state index is 0.158. The first-order valence-electron chi connectivity index (χ1n) is 9.28. The quantitative estimate of drug-likeness (QED) is 0.486. The van der Waals surface area contributed by atoms with Gasteiger partial charge < -0.3 is 24.8 Å². The third kappa shape index (κ3) is 4.94. The second kappa shape index (κ2) is 9.77. The molecule has 32 heavy (non-hydrogen) atoms. The number of carbonyl (C=O) groups is 1. The number of hydrogen-bond donors (Lipinski definition) is 2. The Kier molecular flexibility index (Phi) is 6.88. The molecule has 2 N–H and O–H groups in total. The highest BCUT2D eigenvalue weighted by Crippen LogP contribution is 2.32. The highest BCUT2D eigenvalue weighted by Gasteiger charge is 2.20. The Morgan fingerprint density at radius 1 is 1.22 bits per heavy atom. The Morgan fingerprint density at radius 3 is 2.47 bits per heavy atom. The molecule has 0 aliphatic rings. The number of ether oxygens (including phenoxy) is 3. The summed E-state index contributed by atoms with van der Waals surface area (Å²) in [5.74, 6) is -1.39. The SMILES string of the molecule is C=CC(=O)Nc1cn(C)nc1Nc1ccc(OCc2c(F)c(OC)cc(OC)c2F)cn1. The number of nitrogens with zero attached hydrogens (tertiary/aromatic N) is 3. The molecular formula is C21H21F2N5O4. The van der Waals surface area contributed by atoms with E-state index in [4.69, 9.17) is 14.2 Å². The van der Waals surface area contributed by atoms with Gasteiger partial charge in [-0.15, -0.1) is 0 Å². The molecule has 3 rings (SSSR count). The van der Waals surface area contributed by atoms with Gasteiger partial charge in [0.15, 0.2) is 29.0 Å². The number of rotatable bonds is 9. The Bertz CT molecular complexity index is 1100. The Morgan fingerprint density at radius 2 is 1.91 bits per heavy atom. The van der Waals surface area contributed by atoms with Crippen molar-refractivity contribution in [3.05, 3.63) is 60.4 Å². The standard InChI is InChI=1S/C21H21F2N5O4/c1-5-18(29)25-14-10-28(2)27-21(14)26-17-7-6-12(9-24-17)32-11-13-19(22)15(30-3)8-16(31-4)20(13)23/h5-10H,1,11H2,2-4H3,(H,25,29)(H,24,26,27). The Balaban J connectivity index is 1.72. The molecular weight excluding hydrogens is 424 g/mol. The lowest BCUT2D eigenvalue weighted by Gasteiger charge is -2.13. The smallest absolute Gasteiger partial charge is 0.247 e. The lowest BCUT2D eigenvalue weighted by atomic mass is 10.1. The molecule has 0 saturated heterocycles. The van der Waals surface area contributed by atoms with E-state index in [1.165, 1.54) is 25.1 Å². The zero-order valence-corrected chi connectivity index (χ0v) is 17.6. The number of nitrogens with one attached hydrogen (secondary N) is 2. The summed E-state index contributed by atoms with van der Waals surface area (Å²) in [6.45, 7) is 3.00. The van der Waals surface area contributed by atoms with Crippen LogP contribution >= 0.6 is 0 Å². The van der Waals surface area contributed by atoms with Gasteiger partial charge >= 0.3 is 0 Å².